The molecular formula is C47H47N. The van der Waals surface area contributed by atoms with E-state index in [1.54, 1.807) is 11.1 Å². The highest BCUT2D eigenvalue weighted by atomic mass is 15.1. The maximum absolute atomic E-state index is 2.52. The van der Waals surface area contributed by atoms with Crippen LogP contribution in [-0.2, 0) is 5.41 Å². The Balaban J connectivity index is 1.06. The van der Waals surface area contributed by atoms with Gasteiger partial charge in [-0.15, -0.1) is 0 Å². The predicted octanol–water partition coefficient (Wildman–Crippen LogP) is 12.9. The molecule has 4 bridgehead atoms. The van der Waals surface area contributed by atoms with Crippen LogP contribution in [0.15, 0.2) is 115 Å². The second-order valence-electron chi connectivity index (χ2n) is 16.5. The first kappa shape index (κ1) is 28.9. The molecule has 0 N–H and O–H groups in total. The van der Waals surface area contributed by atoms with Gasteiger partial charge in [0, 0.05) is 22.5 Å². The van der Waals surface area contributed by atoms with E-state index < -0.39 is 0 Å². The molecule has 0 spiro atoms. The molecule has 5 aromatic carbocycles. The van der Waals surface area contributed by atoms with Gasteiger partial charge in [-0.2, -0.15) is 0 Å². The fourth-order valence-corrected chi connectivity index (χ4v) is 11.3. The number of hydrogen-bond donors (Lipinski definition) is 0. The summed E-state index contributed by atoms with van der Waals surface area (Å²) < 4.78 is 0. The Morgan fingerprint density at radius 1 is 0.500 bits per heavy atom. The number of anilines is 3. The Morgan fingerprint density at radius 3 is 1.62 bits per heavy atom. The Bertz CT molecular complexity index is 1910. The fraction of sp³-hybridized carbons (Fsp3) is 0.362. The zero-order valence-corrected chi connectivity index (χ0v) is 28.5. The summed E-state index contributed by atoms with van der Waals surface area (Å²) in [4.78, 5) is 2.52. The summed E-state index contributed by atoms with van der Waals surface area (Å²) in [6.07, 6.45) is 11.5. The Hall–Kier alpha value is -4.10. The molecule has 0 aliphatic heterocycles. The molecule has 4 fully saturated rings. The van der Waals surface area contributed by atoms with Gasteiger partial charge in [0.05, 0.1) is 0 Å². The van der Waals surface area contributed by atoms with E-state index in [0.29, 0.717) is 0 Å². The van der Waals surface area contributed by atoms with E-state index in [9.17, 15) is 0 Å². The maximum Gasteiger partial charge on any atom is 0.0465 e. The normalized spacial score (nSPS) is 27.3. The van der Waals surface area contributed by atoms with Crippen molar-refractivity contribution in [3.05, 3.63) is 138 Å². The lowest BCUT2D eigenvalue weighted by Gasteiger charge is -2.29. The van der Waals surface area contributed by atoms with Crippen molar-refractivity contribution < 1.29 is 0 Å². The molecule has 5 aliphatic carbocycles. The van der Waals surface area contributed by atoms with Gasteiger partial charge in [0.1, 0.15) is 0 Å². The molecule has 48 heavy (non-hydrogen) atoms. The van der Waals surface area contributed by atoms with Gasteiger partial charge in [-0.25, -0.2) is 0 Å². The van der Waals surface area contributed by atoms with E-state index in [-0.39, 0.29) is 5.41 Å². The average Bonchev–Trinajstić information content (AvgIpc) is 3.98. The van der Waals surface area contributed by atoms with Gasteiger partial charge in [0.15, 0.2) is 0 Å². The van der Waals surface area contributed by atoms with Crippen molar-refractivity contribution in [2.75, 3.05) is 4.90 Å². The van der Waals surface area contributed by atoms with Crippen molar-refractivity contribution in [1.29, 1.82) is 0 Å². The van der Waals surface area contributed by atoms with Crippen LogP contribution in [-0.4, -0.2) is 0 Å². The molecule has 0 saturated heterocycles. The largest absolute Gasteiger partial charge is 0.310 e. The average molecular weight is 626 g/mol. The molecule has 10 rings (SSSR count). The maximum atomic E-state index is 2.52. The van der Waals surface area contributed by atoms with Crippen molar-refractivity contribution in [1.82, 2.24) is 0 Å². The second kappa shape index (κ2) is 11.0. The first-order valence-corrected chi connectivity index (χ1v) is 18.8. The van der Waals surface area contributed by atoms with Gasteiger partial charge in [-0.1, -0.05) is 106 Å². The third kappa shape index (κ3) is 4.49. The first-order valence-electron chi connectivity index (χ1n) is 18.8. The van der Waals surface area contributed by atoms with E-state index in [2.05, 4.69) is 134 Å². The summed E-state index contributed by atoms with van der Waals surface area (Å²) in [7, 11) is 0. The summed E-state index contributed by atoms with van der Waals surface area (Å²) in [6, 6.07) is 44.5. The molecule has 0 radical (unpaired) electrons. The molecule has 1 heteroatoms. The van der Waals surface area contributed by atoms with Gasteiger partial charge in [-0.3, -0.25) is 0 Å². The van der Waals surface area contributed by atoms with E-state index in [1.807, 2.05) is 0 Å². The number of nitrogens with zero attached hydrogens (tertiary/aromatic N) is 1. The van der Waals surface area contributed by atoms with E-state index in [4.69, 9.17) is 0 Å². The number of fused-ring (bicyclic) bond motifs is 7. The molecule has 6 unspecified atom stereocenters. The molecule has 5 aromatic rings. The van der Waals surface area contributed by atoms with Crippen LogP contribution in [0.4, 0.5) is 17.1 Å². The van der Waals surface area contributed by atoms with E-state index in [1.165, 1.54) is 102 Å². The summed E-state index contributed by atoms with van der Waals surface area (Å²) in [5.74, 6) is 5.24. The van der Waals surface area contributed by atoms with Crippen molar-refractivity contribution in [2.45, 2.75) is 82.5 Å². The molecular weight excluding hydrogens is 579 g/mol. The lowest BCUT2D eigenvalue weighted by molar-refractivity contribution is 0.420. The van der Waals surface area contributed by atoms with Crippen LogP contribution in [0.5, 0.6) is 0 Å². The van der Waals surface area contributed by atoms with Gasteiger partial charge >= 0.3 is 0 Å². The van der Waals surface area contributed by atoms with Crippen LogP contribution >= 0.6 is 0 Å². The first-order chi connectivity index (χ1) is 23.5. The highest BCUT2D eigenvalue weighted by Crippen LogP contribution is 2.56. The Morgan fingerprint density at radius 2 is 1.08 bits per heavy atom. The van der Waals surface area contributed by atoms with Crippen LogP contribution in [0.3, 0.4) is 0 Å². The zero-order valence-electron chi connectivity index (χ0n) is 28.5. The minimum absolute atomic E-state index is 0.0889. The van der Waals surface area contributed by atoms with Crippen molar-refractivity contribution >= 4 is 17.1 Å². The Kier molecular flexibility index (Phi) is 6.59. The smallest absolute Gasteiger partial charge is 0.0465 e. The third-order valence-corrected chi connectivity index (χ3v) is 13.7. The number of rotatable bonds is 6. The fourth-order valence-electron chi connectivity index (χ4n) is 11.3. The van der Waals surface area contributed by atoms with Crippen LogP contribution in [0.2, 0.25) is 0 Å². The van der Waals surface area contributed by atoms with Crippen LogP contribution in [0.1, 0.15) is 99.3 Å². The standard InChI is InChI=1S/C47H47N/c1-47(2)44-10-6-9-40(32-7-4-3-5-8-32)46(44)41-24-23-39(29-45(41)47)48(37-19-15-33(16-20-37)42-27-30-11-13-35(42)25-30)38-21-17-34(18-22-38)43-28-31-12-14-36(43)26-31/h3-10,15-24,29-31,35-36,42-43H,11-14,25-28H2,1-2H3. The van der Waals surface area contributed by atoms with Gasteiger partial charge < -0.3 is 4.90 Å². The molecule has 0 aromatic heterocycles. The number of benzene rings is 5. The second-order valence-corrected chi connectivity index (χ2v) is 16.5. The molecule has 0 heterocycles. The monoisotopic (exact) mass is 625 g/mol. The highest BCUT2D eigenvalue weighted by molar-refractivity contribution is 5.94. The molecule has 4 saturated carbocycles. The van der Waals surface area contributed by atoms with Crippen LogP contribution in [0.25, 0.3) is 22.3 Å². The van der Waals surface area contributed by atoms with E-state index in [0.717, 1.165) is 35.5 Å². The molecule has 0 amide bonds. The van der Waals surface area contributed by atoms with Gasteiger partial charge in [0.2, 0.25) is 0 Å². The third-order valence-electron chi connectivity index (χ3n) is 13.7. The van der Waals surface area contributed by atoms with Crippen molar-refractivity contribution in [2.24, 2.45) is 23.7 Å². The lowest BCUT2D eigenvalue weighted by atomic mass is 9.81. The minimum Gasteiger partial charge on any atom is -0.310 e. The van der Waals surface area contributed by atoms with Crippen LogP contribution < -0.4 is 4.90 Å². The molecule has 1 nitrogen and oxygen atoms in total. The zero-order chi connectivity index (χ0) is 32.0. The minimum atomic E-state index is -0.0889. The van der Waals surface area contributed by atoms with Crippen LogP contribution in [0, 0.1) is 23.7 Å². The summed E-state index contributed by atoms with van der Waals surface area (Å²) in [6.45, 7) is 4.82. The molecule has 240 valence electrons. The Labute approximate surface area is 287 Å². The highest BCUT2D eigenvalue weighted by Gasteiger charge is 2.41. The lowest BCUT2D eigenvalue weighted by Crippen LogP contribution is -2.17. The van der Waals surface area contributed by atoms with Crippen molar-refractivity contribution in [3.8, 4) is 22.3 Å². The molecule has 6 atom stereocenters. The van der Waals surface area contributed by atoms with Gasteiger partial charge in [0.25, 0.3) is 0 Å². The summed E-state index contributed by atoms with van der Waals surface area (Å²) >= 11 is 0. The molecule has 5 aliphatic rings. The summed E-state index contributed by atoms with van der Waals surface area (Å²) in [5, 5.41) is 0. The van der Waals surface area contributed by atoms with Crippen molar-refractivity contribution in [3.63, 3.8) is 0 Å². The topological polar surface area (TPSA) is 3.24 Å². The van der Waals surface area contributed by atoms with E-state index >= 15 is 0 Å². The number of hydrogen-bond acceptors (Lipinski definition) is 1. The summed E-state index contributed by atoms with van der Waals surface area (Å²) in [5.41, 5.74) is 15.0. The quantitative estimate of drug-likeness (QED) is 0.181. The van der Waals surface area contributed by atoms with Gasteiger partial charge in [-0.05, 0) is 155 Å². The SMILES string of the molecule is CC1(C)c2cc(N(c3ccc(C4CC5CCC4C5)cc3)c3ccc(C4CC5CCC4C5)cc3)ccc2-c2c(-c3ccccc3)cccc21. The predicted molar refractivity (Wildman–Crippen MR) is 201 cm³/mol.